The Labute approximate surface area is 123 Å². The molecule has 0 amide bonds. The molecule has 0 bridgehead atoms. The summed E-state index contributed by atoms with van der Waals surface area (Å²) < 4.78 is 5.55. The monoisotopic (exact) mass is 292 g/mol. The average molecular weight is 292 g/mol. The van der Waals surface area contributed by atoms with Gasteiger partial charge in [0.15, 0.2) is 5.41 Å². The lowest BCUT2D eigenvalue weighted by Gasteiger charge is -2.09. The molecule has 0 aromatic heterocycles. The Morgan fingerprint density at radius 2 is 1.71 bits per heavy atom. The van der Waals surface area contributed by atoms with Gasteiger partial charge in [0.25, 0.3) is 0 Å². The molecule has 2 N–H and O–H groups in total. The average Bonchev–Trinajstić information content (AvgIpc) is 2.93. The van der Waals surface area contributed by atoms with Crippen LogP contribution < -0.4 is 4.74 Å². The van der Waals surface area contributed by atoms with Crippen LogP contribution in [-0.4, -0.2) is 28.8 Å². The Morgan fingerprint density at radius 1 is 1.14 bits per heavy atom. The van der Waals surface area contributed by atoms with Crippen molar-refractivity contribution in [3.8, 4) is 5.75 Å². The van der Waals surface area contributed by atoms with Gasteiger partial charge in [-0.3, -0.25) is 9.59 Å². The summed E-state index contributed by atoms with van der Waals surface area (Å²) in [5.41, 5.74) is -2.38. The summed E-state index contributed by atoms with van der Waals surface area (Å²) in [6.45, 7) is 3.86. The van der Waals surface area contributed by atoms with Crippen molar-refractivity contribution in [2.75, 3.05) is 6.61 Å². The number of ether oxygens (including phenoxy) is 1. The fourth-order valence-corrected chi connectivity index (χ4v) is 3.38. The molecular formula is C16H20O5. The lowest BCUT2D eigenvalue weighted by Crippen LogP contribution is -2.31. The SMILES string of the molecule is CC1(C)C(CCCOc2ccccc2)C1(C(=O)O)C(=O)O. The number of benzene rings is 1. The second kappa shape index (κ2) is 5.39. The topological polar surface area (TPSA) is 83.8 Å². The highest BCUT2D eigenvalue weighted by Gasteiger charge is 2.80. The smallest absolute Gasteiger partial charge is 0.321 e. The second-order valence-corrected chi connectivity index (χ2v) is 6.00. The van der Waals surface area contributed by atoms with Crippen LogP contribution in [0.25, 0.3) is 0 Å². The third kappa shape index (κ3) is 2.37. The highest BCUT2D eigenvalue weighted by atomic mass is 16.5. The van der Waals surface area contributed by atoms with E-state index in [0.717, 1.165) is 5.75 Å². The molecule has 0 heterocycles. The molecule has 0 saturated heterocycles. The Bertz CT molecular complexity index is 521. The van der Waals surface area contributed by atoms with E-state index in [1.54, 1.807) is 13.8 Å². The molecule has 0 radical (unpaired) electrons. The first-order valence-corrected chi connectivity index (χ1v) is 6.99. The normalized spacial score (nSPS) is 21.5. The number of aliphatic carboxylic acids is 2. The second-order valence-electron chi connectivity index (χ2n) is 6.00. The van der Waals surface area contributed by atoms with Crippen LogP contribution in [0.4, 0.5) is 0 Å². The van der Waals surface area contributed by atoms with E-state index in [-0.39, 0.29) is 5.92 Å². The first-order valence-electron chi connectivity index (χ1n) is 6.99. The molecule has 1 aliphatic rings. The molecule has 1 fully saturated rings. The molecule has 2 rings (SSSR count). The van der Waals surface area contributed by atoms with Crippen molar-refractivity contribution in [1.29, 1.82) is 0 Å². The highest BCUT2D eigenvalue weighted by Crippen LogP contribution is 2.70. The van der Waals surface area contributed by atoms with Crippen LogP contribution in [0.5, 0.6) is 5.75 Å². The Balaban J connectivity index is 1.89. The molecule has 5 heteroatoms. The van der Waals surface area contributed by atoms with Crippen LogP contribution in [0, 0.1) is 16.7 Å². The zero-order valence-electron chi connectivity index (χ0n) is 12.2. The number of rotatable bonds is 7. The van der Waals surface area contributed by atoms with E-state index in [1.165, 1.54) is 0 Å². The Hall–Kier alpha value is -2.04. The van der Waals surface area contributed by atoms with E-state index in [4.69, 9.17) is 4.74 Å². The molecule has 0 spiro atoms. The summed E-state index contributed by atoms with van der Waals surface area (Å²) >= 11 is 0. The van der Waals surface area contributed by atoms with Gasteiger partial charge in [-0.2, -0.15) is 0 Å². The summed E-state index contributed by atoms with van der Waals surface area (Å²) in [6, 6.07) is 9.34. The number of carboxylic acids is 2. The molecule has 114 valence electrons. The fraction of sp³-hybridized carbons (Fsp3) is 0.500. The van der Waals surface area contributed by atoms with Gasteiger partial charge in [0.1, 0.15) is 5.75 Å². The van der Waals surface area contributed by atoms with Gasteiger partial charge in [0.05, 0.1) is 6.61 Å². The third-order valence-corrected chi connectivity index (χ3v) is 4.65. The molecule has 1 aromatic carbocycles. The van der Waals surface area contributed by atoms with Crippen LogP contribution in [0.1, 0.15) is 26.7 Å². The van der Waals surface area contributed by atoms with Gasteiger partial charge in [-0.05, 0) is 36.3 Å². The minimum atomic E-state index is -1.65. The Kier molecular flexibility index (Phi) is 3.94. The van der Waals surface area contributed by atoms with E-state index >= 15 is 0 Å². The van der Waals surface area contributed by atoms with Gasteiger partial charge in [-0.1, -0.05) is 32.0 Å². The zero-order chi connectivity index (χ0) is 15.7. The quantitative estimate of drug-likeness (QED) is 0.596. The Morgan fingerprint density at radius 3 is 2.19 bits per heavy atom. The van der Waals surface area contributed by atoms with E-state index in [9.17, 15) is 19.8 Å². The predicted octanol–water partition coefficient (Wildman–Crippen LogP) is 2.66. The van der Waals surface area contributed by atoms with Crippen LogP contribution in [-0.2, 0) is 9.59 Å². The van der Waals surface area contributed by atoms with Crippen molar-refractivity contribution in [1.82, 2.24) is 0 Å². The number of carbonyl (C=O) groups is 2. The van der Waals surface area contributed by atoms with Crippen molar-refractivity contribution in [2.45, 2.75) is 26.7 Å². The maximum absolute atomic E-state index is 11.4. The number of hydrogen-bond donors (Lipinski definition) is 2. The van der Waals surface area contributed by atoms with E-state index < -0.39 is 22.8 Å². The molecular weight excluding hydrogens is 272 g/mol. The highest BCUT2D eigenvalue weighted by molar-refractivity contribution is 6.03. The first-order chi connectivity index (χ1) is 9.85. The molecule has 1 aromatic rings. The molecule has 1 aliphatic carbocycles. The molecule has 0 aliphatic heterocycles. The first kappa shape index (κ1) is 15.4. The van der Waals surface area contributed by atoms with Crippen LogP contribution >= 0.6 is 0 Å². The summed E-state index contributed by atoms with van der Waals surface area (Å²) in [5, 5.41) is 18.6. The minimum absolute atomic E-state index is 0.362. The summed E-state index contributed by atoms with van der Waals surface area (Å²) in [5.74, 6) is -2.09. The van der Waals surface area contributed by atoms with Gasteiger partial charge < -0.3 is 14.9 Å². The zero-order valence-corrected chi connectivity index (χ0v) is 12.2. The maximum Gasteiger partial charge on any atom is 0.321 e. The van der Waals surface area contributed by atoms with E-state index in [0.29, 0.717) is 19.4 Å². The summed E-state index contributed by atoms with van der Waals surface area (Å²) in [7, 11) is 0. The van der Waals surface area contributed by atoms with Gasteiger partial charge in [0, 0.05) is 0 Å². The van der Waals surface area contributed by atoms with Gasteiger partial charge in [0.2, 0.25) is 0 Å². The lowest BCUT2D eigenvalue weighted by molar-refractivity contribution is -0.159. The molecule has 1 atom stereocenters. The van der Waals surface area contributed by atoms with Gasteiger partial charge in [-0.25, -0.2) is 0 Å². The van der Waals surface area contributed by atoms with Gasteiger partial charge >= 0.3 is 11.9 Å². The summed E-state index contributed by atoms with van der Waals surface area (Å²) in [6.07, 6.45) is 1.16. The molecule has 1 saturated carbocycles. The maximum atomic E-state index is 11.4. The number of para-hydroxylation sites is 1. The standard InChI is InChI=1S/C16H20O5/c1-15(2)12(16(15,13(17)18)14(19)20)9-6-10-21-11-7-4-3-5-8-11/h3-5,7-8,12H,6,9-10H2,1-2H3,(H,17,18)(H,19,20). The number of carboxylic acid groups (broad SMARTS) is 2. The number of hydrogen-bond acceptors (Lipinski definition) is 3. The lowest BCUT2D eigenvalue weighted by atomic mass is 9.96. The fourth-order valence-electron chi connectivity index (χ4n) is 3.38. The molecule has 21 heavy (non-hydrogen) atoms. The largest absolute Gasteiger partial charge is 0.494 e. The van der Waals surface area contributed by atoms with Crippen molar-refractivity contribution >= 4 is 11.9 Å². The van der Waals surface area contributed by atoms with Crippen LogP contribution in [0.3, 0.4) is 0 Å². The summed E-state index contributed by atoms with van der Waals surface area (Å²) in [4.78, 5) is 22.8. The molecule has 5 nitrogen and oxygen atoms in total. The van der Waals surface area contributed by atoms with Gasteiger partial charge in [-0.15, -0.1) is 0 Å². The molecule has 1 unspecified atom stereocenters. The van der Waals surface area contributed by atoms with Crippen molar-refractivity contribution in [3.63, 3.8) is 0 Å². The van der Waals surface area contributed by atoms with Crippen LogP contribution in [0.2, 0.25) is 0 Å². The van der Waals surface area contributed by atoms with E-state index in [1.807, 2.05) is 30.3 Å². The van der Waals surface area contributed by atoms with Crippen molar-refractivity contribution in [3.05, 3.63) is 30.3 Å². The predicted molar refractivity (Wildman–Crippen MR) is 76.1 cm³/mol. The third-order valence-electron chi connectivity index (χ3n) is 4.65. The van der Waals surface area contributed by atoms with Crippen molar-refractivity contribution < 1.29 is 24.5 Å². The van der Waals surface area contributed by atoms with E-state index in [2.05, 4.69) is 0 Å². The minimum Gasteiger partial charge on any atom is -0.494 e. The van der Waals surface area contributed by atoms with Crippen molar-refractivity contribution in [2.24, 2.45) is 16.7 Å². The van der Waals surface area contributed by atoms with Crippen LogP contribution in [0.15, 0.2) is 30.3 Å².